The third-order valence-corrected chi connectivity index (χ3v) is 7.17. The van der Waals surface area contributed by atoms with Gasteiger partial charge in [-0.25, -0.2) is 8.42 Å². The first-order valence-electron chi connectivity index (χ1n) is 9.39. The number of nitrogens with one attached hydrogen (secondary N) is 1. The molecule has 1 N–H and O–H groups in total. The minimum atomic E-state index is -3.50. The van der Waals surface area contributed by atoms with Gasteiger partial charge in [0.15, 0.2) is 0 Å². The molecule has 1 aliphatic rings. The van der Waals surface area contributed by atoms with Crippen molar-refractivity contribution in [2.45, 2.75) is 17.7 Å². The minimum Gasteiger partial charge on any atom is -0.325 e. The number of rotatable bonds is 4. The van der Waals surface area contributed by atoms with Crippen LogP contribution in [0.4, 0.5) is 5.69 Å². The molecule has 1 amide bonds. The number of carbonyl (C=O) groups excluding carboxylic acids is 1. The molecule has 0 bridgehead atoms. The molecule has 0 atom stereocenters. The van der Waals surface area contributed by atoms with Gasteiger partial charge < -0.3 is 5.32 Å². The van der Waals surface area contributed by atoms with Crippen LogP contribution < -0.4 is 5.32 Å². The number of nitrogens with zero attached hydrogens (tertiary/aromatic N) is 1. The van der Waals surface area contributed by atoms with Crippen LogP contribution in [0.15, 0.2) is 77.7 Å². The van der Waals surface area contributed by atoms with E-state index >= 15 is 0 Å². The number of sulfonamides is 1. The summed E-state index contributed by atoms with van der Waals surface area (Å²) in [6, 6.07) is 22.2. The molecule has 6 heteroatoms. The van der Waals surface area contributed by atoms with Crippen molar-refractivity contribution in [1.29, 1.82) is 0 Å². The third-order valence-electron chi connectivity index (χ3n) is 5.25. The fraction of sp³-hybridized carbons (Fsp3) is 0.227. The van der Waals surface area contributed by atoms with E-state index in [1.54, 1.807) is 30.3 Å². The van der Waals surface area contributed by atoms with Gasteiger partial charge in [0.1, 0.15) is 0 Å². The number of fused-ring (bicyclic) bond motifs is 1. The van der Waals surface area contributed by atoms with Crippen molar-refractivity contribution in [3.05, 3.63) is 72.8 Å². The maximum Gasteiger partial charge on any atom is 0.243 e. The molecule has 0 unspecified atom stereocenters. The van der Waals surface area contributed by atoms with Crippen LogP contribution >= 0.6 is 0 Å². The smallest absolute Gasteiger partial charge is 0.243 e. The molecule has 0 spiro atoms. The van der Waals surface area contributed by atoms with Gasteiger partial charge in [0.25, 0.3) is 0 Å². The molecule has 1 aliphatic heterocycles. The highest BCUT2D eigenvalue weighted by Crippen LogP contribution is 2.27. The average molecular weight is 394 g/mol. The maximum absolute atomic E-state index is 12.8. The minimum absolute atomic E-state index is 0.0480. The van der Waals surface area contributed by atoms with E-state index in [0.29, 0.717) is 30.8 Å². The SMILES string of the molecule is O=C(Nc1cccc2ccccc12)C1CCN(S(=O)(=O)c2ccccc2)CC1. The number of anilines is 1. The molecular weight excluding hydrogens is 372 g/mol. The van der Waals surface area contributed by atoms with E-state index in [1.807, 2.05) is 42.5 Å². The van der Waals surface area contributed by atoms with Gasteiger partial charge in [-0.05, 0) is 36.4 Å². The quantitative estimate of drug-likeness (QED) is 0.730. The Morgan fingerprint density at radius 3 is 2.25 bits per heavy atom. The number of piperidine rings is 1. The van der Waals surface area contributed by atoms with E-state index < -0.39 is 10.0 Å². The second kappa shape index (κ2) is 7.73. The van der Waals surface area contributed by atoms with E-state index in [2.05, 4.69) is 5.32 Å². The molecule has 0 radical (unpaired) electrons. The molecule has 28 heavy (non-hydrogen) atoms. The van der Waals surface area contributed by atoms with Crippen LogP contribution in [0.1, 0.15) is 12.8 Å². The summed E-state index contributed by atoms with van der Waals surface area (Å²) in [5, 5.41) is 5.11. The van der Waals surface area contributed by atoms with Gasteiger partial charge in [-0.1, -0.05) is 54.6 Å². The fourth-order valence-corrected chi connectivity index (χ4v) is 5.16. The van der Waals surface area contributed by atoms with Gasteiger partial charge >= 0.3 is 0 Å². The van der Waals surface area contributed by atoms with Crippen molar-refractivity contribution in [1.82, 2.24) is 4.31 Å². The highest BCUT2D eigenvalue weighted by atomic mass is 32.2. The Morgan fingerprint density at radius 1 is 0.857 bits per heavy atom. The van der Waals surface area contributed by atoms with Crippen LogP contribution in [0.25, 0.3) is 10.8 Å². The number of hydrogen-bond acceptors (Lipinski definition) is 3. The van der Waals surface area contributed by atoms with Crippen LogP contribution in [-0.4, -0.2) is 31.7 Å². The zero-order chi connectivity index (χ0) is 19.6. The van der Waals surface area contributed by atoms with E-state index in [0.717, 1.165) is 16.5 Å². The van der Waals surface area contributed by atoms with E-state index in [4.69, 9.17) is 0 Å². The molecule has 1 saturated heterocycles. The number of hydrogen-bond donors (Lipinski definition) is 1. The first-order valence-corrected chi connectivity index (χ1v) is 10.8. The van der Waals surface area contributed by atoms with Crippen LogP contribution in [0, 0.1) is 5.92 Å². The molecule has 0 aromatic heterocycles. The normalized spacial score (nSPS) is 16.1. The summed E-state index contributed by atoms with van der Waals surface area (Å²) in [7, 11) is -3.50. The van der Waals surface area contributed by atoms with Gasteiger partial charge in [0.2, 0.25) is 15.9 Å². The topological polar surface area (TPSA) is 66.5 Å². The zero-order valence-corrected chi connectivity index (χ0v) is 16.2. The highest BCUT2D eigenvalue weighted by Gasteiger charge is 2.32. The summed E-state index contributed by atoms with van der Waals surface area (Å²) in [5.74, 6) is -0.241. The molecule has 144 valence electrons. The summed E-state index contributed by atoms with van der Waals surface area (Å²) >= 11 is 0. The van der Waals surface area contributed by atoms with Crippen molar-refractivity contribution < 1.29 is 13.2 Å². The van der Waals surface area contributed by atoms with Crippen LogP contribution in [0.5, 0.6) is 0 Å². The molecule has 1 fully saturated rings. The predicted octanol–water partition coefficient (Wildman–Crippen LogP) is 3.88. The Morgan fingerprint density at radius 2 is 1.50 bits per heavy atom. The van der Waals surface area contributed by atoms with Gasteiger partial charge in [-0.3, -0.25) is 4.79 Å². The lowest BCUT2D eigenvalue weighted by Crippen LogP contribution is -2.41. The fourth-order valence-electron chi connectivity index (χ4n) is 3.67. The van der Waals surface area contributed by atoms with Gasteiger partial charge in [0.05, 0.1) is 4.90 Å². The third kappa shape index (κ3) is 3.66. The van der Waals surface area contributed by atoms with E-state index in [1.165, 1.54) is 4.31 Å². The Bertz CT molecular complexity index is 1080. The summed E-state index contributed by atoms with van der Waals surface area (Å²) in [5.41, 5.74) is 0.794. The lowest BCUT2D eigenvalue weighted by molar-refractivity contribution is -0.120. The molecule has 0 saturated carbocycles. The largest absolute Gasteiger partial charge is 0.325 e. The zero-order valence-electron chi connectivity index (χ0n) is 15.4. The number of amides is 1. The molecular formula is C22H22N2O3S. The molecule has 1 heterocycles. The van der Waals surface area contributed by atoms with E-state index in [-0.39, 0.29) is 11.8 Å². The van der Waals surface area contributed by atoms with Crippen molar-refractivity contribution in [3.8, 4) is 0 Å². The standard InChI is InChI=1S/C22H22N2O3S/c25-22(23-21-12-6-8-17-7-4-5-11-20(17)21)18-13-15-24(16-14-18)28(26,27)19-9-2-1-3-10-19/h1-12,18H,13-16H2,(H,23,25). The summed E-state index contributed by atoms with van der Waals surface area (Å²) in [6.45, 7) is 0.704. The Balaban J connectivity index is 1.43. The highest BCUT2D eigenvalue weighted by molar-refractivity contribution is 7.89. The molecule has 0 aliphatic carbocycles. The number of carbonyl (C=O) groups is 1. The summed E-state index contributed by atoms with van der Waals surface area (Å²) < 4.78 is 26.9. The second-order valence-corrected chi connectivity index (χ2v) is 8.95. The summed E-state index contributed by atoms with van der Waals surface area (Å²) in [4.78, 5) is 13.1. The summed E-state index contributed by atoms with van der Waals surface area (Å²) in [6.07, 6.45) is 1.03. The van der Waals surface area contributed by atoms with Crippen LogP contribution in [0.3, 0.4) is 0 Å². The average Bonchev–Trinajstić information content (AvgIpc) is 2.75. The van der Waals surface area contributed by atoms with Crippen LogP contribution in [-0.2, 0) is 14.8 Å². The molecule has 5 nitrogen and oxygen atoms in total. The van der Waals surface area contributed by atoms with Crippen LogP contribution in [0.2, 0.25) is 0 Å². The number of benzene rings is 3. The molecule has 4 rings (SSSR count). The Hall–Kier alpha value is -2.70. The monoisotopic (exact) mass is 394 g/mol. The second-order valence-electron chi connectivity index (χ2n) is 7.01. The predicted molar refractivity (Wildman–Crippen MR) is 111 cm³/mol. The maximum atomic E-state index is 12.8. The van der Waals surface area contributed by atoms with Crippen molar-refractivity contribution >= 4 is 32.4 Å². The van der Waals surface area contributed by atoms with Crippen molar-refractivity contribution in [2.24, 2.45) is 5.92 Å². The van der Waals surface area contributed by atoms with Gasteiger partial charge in [-0.2, -0.15) is 4.31 Å². The lowest BCUT2D eigenvalue weighted by atomic mass is 9.97. The molecule has 3 aromatic carbocycles. The Labute approximate surface area is 165 Å². The molecule has 3 aromatic rings. The van der Waals surface area contributed by atoms with Gasteiger partial charge in [0, 0.05) is 30.1 Å². The van der Waals surface area contributed by atoms with Gasteiger partial charge in [-0.15, -0.1) is 0 Å². The lowest BCUT2D eigenvalue weighted by Gasteiger charge is -2.30. The first-order chi connectivity index (χ1) is 13.6. The van der Waals surface area contributed by atoms with E-state index in [9.17, 15) is 13.2 Å². The van der Waals surface area contributed by atoms with Crippen molar-refractivity contribution in [3.63, 3.8) is 0 Å². The first kappa shape index (κ1) is 18.7. The van der Waals surface area contributed by atoms with Crippen molar-refractivity contribution in [2.75, 3.05) is 18.4 Å². The Kier molecular flexibility index (Phi) is 5.15.